The van der Waals surface area contributed by atoms with Crippen LogP contribution in [0.25, 0.3) is 0 Å². The molecule has 0 unspecified atom stereocenters. The Morgan fingerprint density at radius 2 is 2.00 bits per heavy atom. The molecule has 1 aliphatic heterocycles. The van der Waals surface area contributed by atoms with Crippen LogP contribution in [0.4, 0.5) is 0 Å². The number of pyridine rings is 1. The van der Waals surface area contributed by atoms with E-state index >= 15 is 0 Å². The Labute approximate surface area is 149 Å². The SMILES string of the molecule is Cc1cc(CN(C)[C@@H]2c3ccccc3C3(CCNCC3)[C@H]2O)ccn1. The Bertz CT molecular complexity index is 754. The van der Waals surface area contributed by atoms with Gasteiger partial charge in [0.05, 0.1) is 12.1 Å². The summed E-state index contributed by atoms with van der Waals surface area (Å²) in [6, 6.07) is 12.9. The summed E-state index contributed by atoms with van der Waals surface area (Å²) in [5.41, 5.74) is 4.82. The van der Waals surface area contributed by atoms with Gasteiger partial charge in [0, 0.05) is 23.9 Å². The normalized spacial score (nSPS) is 24.6. The summed E-state index contributed by atoms with van der Waals surface area (Å²) < 4.78 is 0. The zero-order valence-corrected chi connectivity index (χ0v) is 15.1. The molecule has 0 radical (unpaired) electrons. The minimum atomic E-state index is -0.361. The minimum Gasteiger partial charge on any atom is -0.390 e. The van der Waals surface area contributed by atoms with Crippen LogP contribution in [0, 0.1) is 6.92 Å². The third kappa shape index (κ3) is 2.78. The number of fused-ring (bicyclic) bond motifs is 2. The molecule has 1 aliphatic carbocycles. The number of hydrogen-bond acceptors (Lipinski definition) is 4. The predicted octanol–water partition coefficient (Wildman–Crippen LogP) is 2.56. The van der Waals surface area contributed by atoms with Crippen LogP contribution in [-0.4, -0.2) is 41.2 Å². The molecule has 1 fully saturated rings. The molecule has 4 heteroatoms. The van der Waals surface area contributed by atoms with Crippen LogP contribution in [0.15, 0.2) is 42.6 Å². The second kappa shape index (κ2) is 6.52. The standard InChI is InChI=1S/C21H27N3O/c1-15-13-16(7-10-23-15)14-24(2)19-17-5-3-4-6-18(17)21(20(19)25)8-11-22-12-9-21/h3-7,10,13,19-20,22,25H,8-9,11-12,14H2,1-2H3/t19-,20+/m1/s1. The van der Waals surface area contributed by atoms with Gasteiger partial charge in [0.15, 0.2) is 0 Å². The van der Waals surface area contributed by atoms with Gasteiger partial charge in [0.25, 0.3) is 0 Å². The zero-order valence-electron chi connectivity index (χ0n) is 15.1. The highest BCUT2D eigenvalue weighted by atomic mass is 16.3. The second-order valence-electron chi connectivity index (χ2n) is 7.60. The van der Waals surface area contributed by atoms with Crippen molar-refractivity contribution < 1.29 is 5.11 Å². The van der Waals surface area contributed by atoms with Crippen LogP contribution in [0.5, 0.6) is 0 Å². The number of aliphatic hydroxyl groups is 1. The van der Waals surface area contributed by atoms with E-state index in [9.17, 15) is 5.11 Å². The van der Waals surface area contributed by atoms with Gasteiger partial charge in [-0.05, 0) is 68.7 Å². The fourth-order valence-corrected chi connectivity index (χ4v) is 4.85. The zero-order chi connectivity index (χ0) is 17.4. The van der Waals surface area contributed by atoms with Gasteiger partial charge in [0.1, 0.15) is 0 Å². The lowest BCUT2D eigenvalue weighted by molar-refractivity contribution is 0.00419. The van der Waals surface area contributed by atoms with E-state index in [4.69, 9.17) is 0 Å². The lowest BCUT2D eigenvalue weighted by atomic mass is 9.72. The van der Waals surface area contributed by atoms with Crippen molar-refractivity contribution in [2.45, 2.75) is 43.9 Å². The number of aryl methyl sites for hydroxylation is 1. The molecule has 4 nitrogen and oxygen atoms in total. The van der Waals surface area contributed by atoms with Crippen molar-refractivity contribution in [2.24, 2.45) is 0 Å². The summed E-state index contributed by atoms with van der Waals surface area (Å²) in [5, 5.41) is 14.9. The van der Waals surface area contributed by atoms with Crippen molar-refractivity contribution in [3.63, 3.8) is 0 Å². The van der Waals surface area contributed by atoms with Crippen molar-refractivity contribution in [1.29, 1.82) is 0 Å². The molecule has 0 amide bonds. The van der Waals surface area contributed by atoms with E-state index in [1.807, 2.05) is 13.1 Å². The van der Waals surface area contributed by atoms with E-state index in [0.29, 0.717) is 0 Å². The Kier molecular flexibility index (Phi) is 4.36. The number of nitrogens with zero attached hydrogens (tertiary/aromatic N) is 2. The summed E-state index contributed by atoms with van der Waals surface area (Å²) >= 11 is 0. The molecule has 2 aromatic rings. The number of nitrogens with one attached hydrogen (secondary N) is 1. The van der Waals surface area contributed by atoms with E-state index in [0.717, 1.165) is 38.2 Å². The second-order valence-corrected chi connectivity index (χ2v) is 7.60. The quantitative estimate of drug-likeness (QED) is 0.904. The van der Waals surface area contributed by atoms with Crippen molar-refractivity contribution in [2.75, 3.05) is 20.1 Å². The van der Waals surface area contributed by atoms with E-state index in [2.05, 4.69) is 58.6 Å². The highest BCUT2D eigenvalue weighted by Gasteiger charge is 2.52. The number of rotatable bonds is 3. The van der Waals surface area contributed by atoms with Crippen LogP contribution in [0.2, 0.25) is 0 Å². The molecular formula is C21H27N3O. The highest BCUT2D eigenvalue weighted by Crippen LogP contribution is 2.51. The van der Waals surface area contributed by atoms with Gasteiger partial charge in [0.2, 0.25) is 0 Å². The summed E-state index contributed by atoms with van der Waals surface area (Å²) in [7, 11) is 2.13. The maximum Gasteiger partial charge on any atom is 0.0834 e. The number of aliphatic hydroxyl groups excluding tert-OH is 1. The first-order valence-electron chi connectivity index (χ1n) is 9.22. The summed E-state index contributed by atoms with van der Waals surface area (Å²) in [4.78, 5) is 6.59. The molecule has 4 rings (SSSR count). The van der Waals surface area contributed by atoms with Gasteiger partial charge >= 0.3 is 0 Å². The lowest BCUT2D eigenvalue weighted by Crippen LogP contribution is -2.48. The average molecular weight is 337 g/mol. The number of hydrogen-bond donors (Lipinski definition) is 2. The Hall–Kier alpha value is -1.75. The van der Waals surface area contributed by atoms with Crippen molar-refractivity contribution in [1.82, 2.24) is 15.2 Å². The summed E-state index contributed by atoms with van der Waals surface area (Å²) in [6.07, 6.45) is 3.51. The van der Waals surface area contributed by atoms with Crippen molar-refractivity contribution >= 4 is 0 Å². The van der Waals surface area contributed by atoms with E-state index in [1.54, 1.807) is 0 Å². The first-order chi connectivity index (χ1) is 12.1. The Balaban J connectivity index is 1.67. The molecule has 2 atom stereocenters. The van der Waals surface area contributed by atoms with Gasteiger partial charge in [-0.25, -0.2) is 0 Å². The molecule has 1 saturated heterocycles. The van der Waals surface area contributed by atoms with Crippen LogP contribution in [0.3, 0.4) is 0 Å². The first kappa shape index (κ1) is 16.7. The molecule has 1 spiro atoms. The highest BCUT2D eigenvalue weighted by molar-refractivity contribution is 5.45. The van der Waals surface area contributed by atoms with Gasteiger partial charge < -0.3 is 10.4 Å². The van der Waals surface area contributed by atoms with E-state index in [-0.39, 0.29) is 17.6 Å². The van der Waals surface area contributed by atoms with Crippen LogP contribution in [0.1, 0.15) is 41.3 Å². The monoisotopic (exact) mass is 337 g/mol. The number of likely N-dealkylation sites (N-methyl/N-ethyl adjacent to an activating group) is 1. The smallest absolute Gasteiger partial charge is 0.0834 e. The number of benzene rings is 1. The van der Waals surface area contributed by atoms with Gasteiger partial charge in [-0.3, -0.25) is 9.88 Å². The third-order valence-electron chi connectivity index (χ3n) is 6.04. The molecule has 132 valence electrons. The predicted molar refractivity (Wildman–Crippen MR) is 99.4 cm³/mol. The minimum absolute atomic E-state index is 0.0442. The third-order valence-corrected chi connectivity index (χ3v) is 6.04. The van der Waals surface area contributed by atoms with Gasteiger partial charge in [-0.1, -0.05) is 24.3 Å². The molecule has 2 N–H and O–H groups in total. The lowest BCUT2D eigenvalue weighted by Gasteiger charge is -2.40. The van der Waals surface area contributed by atoms with Crippen LogP contribution >= 0.6 is 0 Å². The fraction of sp³-hybridized carbons (Fsp3) is 0.476. The summed E-state index contributed by atoms with van der Waals surface area (Å²) in [6.45, 7) is 4.79. The molecule has 25 heavy (non-hydrogen) atoms. The van der Waals surface area contributed by atoms with Crippen molar-refractivity contribution in [3.8, 4) is 0 Å². The largest absolute Gasteiger partial charge is 0.390 e. The average Bonchev–Trinajstić information content (AvgIpc) is 2.85. The fourth-order valence-electron chi connectivity index (χ4n) is 4.85. The maximum atomic E-state index is 11.4. The molecule has 0 bridgehead atoms. The molecular weight excluding hydrogens is 310 g/mol. The number of piperidine rings is 1. The topological polar surface area (TPSA) is 48.4 Å². The van der Waals surface area contributed by atoms with Crippen molar-refractivity contribution in [3.05, 3.63) is 65.0 Å². The molecule has 1 aromatic carbocycles. The maximum absolute atomic E-state index is 11.4. The molecule has 2 aliphatic rings. The summed E-state index contributed by atoms with van der Waals surface area (Å²) in [5.74, 6) is 0. The van der Waals surface area contributed by atoms with Gasteiger partial charge in [-0.2, -0.15) is 0 Å². The Morgan fingerprint density at radius 1 is 1.24 bits per heavy atom. The first-order valence-corrected chi connectivity index (χ1v) is 9.22. The van der Waals surface area contributed by atoms with Gasteiger partial charge in [-0.15, -0.1) is 0 Å². The van der Waals surface area contributed by atoms with E-state index in [1.165, 1.54) is 16.7 Å². The van der Waals surface area contributed by atoms with Crippen LogP contribution in [-0.2, 0) is 12.0 Å². The number of aromatic nitrogens is 1. The molecule has 1 aromatic heterocycles. The van der Waals surface area contributed by atoms with Crippen LogP contribution < -0.4 is 5.32 Å². The molecule has 2 heterocycles. The molecule has 0 saturated carbocycles. The Morgan fingerprint density at radius 3 is 2.76 bits per heavy atom. The van der Waals surface area contributed by atoms with E-state index < -0.39 is 0 Å².